The van der Waals surface area contributed by atoms with Crippen LogP contribution in [0, 0.1) is 18.3 Å². The Balaban J connectivity index is 3.12. The maximum Gasteiger partial charge on any atom is 0.326 e. The number of methoxy groups -OCH3 is 2. The highest BCUT2D eigenvalue weighted by Gasteiger charge is 2.10. The van der Waals surface area contributed by atoms with Crippen LogP contribution in [0.4, 0.5) is 5.69 Å². The van der Waals surface area contributed by atoms with Crippen LogP contribution in [-0.4, -0.2) is 20.1 Å². The van der Waals surface area contributed by atoms with E-state index in [0.717, 1.165) is 5.56 Å². The number of benzene rings is 1. The largest absolute Gasteiger partial charge is 0.493 e. The van der Waals surface area contributed by atoms with Crippen LogP contribution in [0.15, 0.2) is 12.1 Å². The van der Waals surface area contributed by atoms with Crippen molar-refractivity contribution in [3.05, 3.63) is 17.7 Å². The van der Waals surface area contributed by atoms with Gasteiger partial charge in [-0.25, -0.2) is 0 Å². The summed E-state index contributed by atoms with van der Waals surface area (Å²) in [4.78, 5) is 10.9. The zero-order valence-corrected chi connectivity index (χ0v) is 9.33. The minimum atomic E-state index is -0.713. The van der Waals surface area contributed by atoms with Crippen molar-refractivity contribution in [2.24, 2.45) is 0 Å². The molecule has 1 rings (SSSR count). The molecule has 0 bridgehead atoms. The van der Waals surface area contributed by atoms with E-state index in [0.29, 0.717) is 17.2 Å². The van der Waals surface area contributed by atoms with E-state index >= 15 is 0 Å². The van der Waals surface area contributed by atoms with Crippen LogP contribution in [-0.2, 0) is 4.79 Å². The highest BCUT2D eigenvalue weighted by atomic mass is 16.5. The van der Waals surface area contributed by atoms with Crippen molar-refractivity contribution in [2.75, 3.05) is 19.5 Å². The molecule has 0 aliphatic heterocycles. The third kappa shape index (κ3) is 2.42. The molecule has 0 spiro atoms. The van der Waals surface area contributed by atoms with E-state index < -0.39 is 5.91 Å². The van der Waals surface area contributed by atoms with Gasteiger partial charge in [0.25, 0.3) is 0 Å². The van der Waals surface area contributed by atoms with Crippen LogP contribution in [0.3, 0.4) is 0 Å². The van der Waals surface area contributed by atoms with Gasteiger partial charge in [-0.3, -0.25) is 4.79 Å². The first-order valence-electron chi connectivity index (χ1n) is 4.56. The third-order valence-electron chi connectivity index (χ3n) is 2.08. The first-order valence-corrected chi connectivity index (χ1v) is 4.56. The lowest BCUT2D eigenvalue weighted by Gasteiger charge is -2.12. The van der Waals surface area contributed by atoms with Crippen molar-refractivity contribution in [1.29, 1.82) is 5.26 Å². The Kier molecular flexibility index (Phi) is 3.72. The average molecular weight is 220 g/mol. The molecule has 84 valence electrons. The lowest BCUT2D eigenvalue weighted by molar-refractivity contribution is -0.111. The van der Waals surface area contributed by atoms with E-state index in [4.69, 9.17) is 14.7 Å². The highest BCUT2D eigenvalue weighted by molar-refractivity contribution is 6.02. The fourth-order valence-electron chi connectivity index (χ4n) is 1.27. The van der Waals surface area contributed by atoms with Crippen LogP contribution >= 0.6 is 0 Å². The number of aryl methyl sites for hydroxylation is 1. The molecule has 1 N–H and O–H groups in total. The molecular weight excluding hydrogens is 208 g/mol. The average Bonchev–Trinajstić information content (AvgIpc) is 2.30. The molecule has 0 fully saturated rings. The lowest BCUT2D eigenvalue weighted by Crippen LogP contribution is -2.09. The van der Waals surface area contributed by atoms with Gasteiger partial charge in [0.2, 0.25) is 0 Å². The van der Waals surface area contributed by atoms with Gasteiger partial charge in [0, 0.05) is 11.8 Å². The Morgan fingerprint density at radius 3 is 2.38 bits per heavy atom. The minimum Gasteiger partial charge on any atom is -0.493 e. The Morgan fingerprint density at radius 1 is 1.31 bits per heavy atom. The summed E-state index contributed by atoms with van der Waals surface area (Å²) in [6.07, 6.45) is 0. The molecule has 16 heavy (non-hydrogen) atoms. The molecule has 0 saturated carbocycles. The summed E-state index contributed by atoms with van der Waals surface area (Å²) in [6.45, 7) is 1.80. The summed E-state index contributed by atoms with van der Waals surface area (Å²) < 4.78 is 10.2. The number of hydrogen-bond acceptors (Lipinski definition) is 4. The molecule has 5 heteroatoms. The van der Waals surface area contributed by atoms with Crippen molar-refractivity contribution in [3.63, 3.8) is 0 Å². The number of amides is 1. The number of carbonyl (C=O) groups is 1. The fourth-order valence-corrected chi connectivity index (χ4v) is 1.27. The van der Waals surface area contributed by atoms with Crippen molar-refractivity contribution in [1.82, 2.24) is 0 Å². The van der Waals surface area contributed by atoms with Gasteiger partial charge in [0.15, 0.2) is 17.6 Å². The standard InChI is InChI=1S/C11H12N2O3/c1-7-4-9(15-2)10(16-3)5-8(7)13-11(14)6-12/h4-5H,1-3H3,(H,13,14). The fraction of sp³-hybridized carbons (Fsp3) is 0.273. The van der Waals surface area contributed by atoms with Gasteiger partial charge in [-0.15, -0.1) is 0 Å². The monoisotopic (exact) mass is 220 g/mol. The molecule has 0 aromatic heterocycles. The number of hydrogen-bond donors (Lipinski definition) is 1. The predicted molar refractivity (Wildman–Crippen MR) is 58.5 cm³/mol. The van der Waals surface area contributed by atoms with E-state index in [1.165, 1.54) is 20.3 Å². The summed E-state index contributed by atoms with van der Waals surface area (Å²) in [5.74, 6) is 0.367. The lowest BCUT2D eigenvalue weighted by atomic mass is 10.1. The third-order valence-corrected chi connectivity index (χ3v) is 2.08. The van der Waals surface area contributed by atoms with Crippen LogP contribution in [0.5, 0.6) is 11.5 Å². The summed E-state index contributed by atoms with van der Waals surface area (Å²) in [7, 11) is 3.04. The Morgan fingerprint density at radius 2 is 1.88 bits per heavy atom. The molecule has 0 unspecified atom stereocenters. The van der Waals surface area contributed by atoms with E-state index in [2.05, 4.69) is 5.32 Å². The van der Waals surface area contributed by atoms with Gasteiger partial charge >= 0.3 is 5.91 Å². The number of nitrogens with one attached hydrogen (secondary N) is 1. The second-order valence-electron chi connectivity index (χ2n) is 3.09. The number of carbonyl (C=O) groups excluding carboxylic acids is 1. The smallest absolute Gasteiger partial charge is 0.326 e. The highest BCUT2D eigenvalue weighted by Crippen LogP contribution is 2.32. The molecule has 0 aliphatic carbocycles. The Hall–Kier alpha value is -2.22. The Labute approximate surface area is 93.6 Å². The molecule has 5 nitrogen and oxygen atoms in total. The Bertz CT molecular complexity index is 449. The molecule has 0 radical (unpaired) electrons. The van der Waals surface area contributed by atoms with Gasteiger partial charge in [-0.1, -0.05) is 0 Å². The van der Waals surface area contributed by atoms with Gasteiger partial charge in [-0.05, 0) is 18.6 Å². The summed E-state index contributed by atoms with van der Waals surface area (Å²) in [5.41, 5.74) is 1.32. The summed E-state index contributed by atoms with van der Waals surface area (Å²) in [6, 6.07) is 4.83. The number of nitriles is 1. The van der Waals surface area contributed by atoms with Crippen molar-refractivity contribution >= 4 is 11.6 Å². The van der Waals surface area contributed by atoms with E-state index in [1.54, 1.807) is 19.1 Å². The topological polar surface area (TPSA) is 71.3 Å². The van der Waals surface area contributed by atoms with Crippen LogP contribution in [0.25, 0.3) is 0 Å². The van der Waals surface area contributed by atoms with Gasteiger partial charge in [-0.2, -0.15) is 5.26 Å². The van der Waals surface area contributed by atoms with Crippen molar-refractivity contribution < 1.29 is 14.3 Å². The second-order valence-corrected chi connectivity index (χ2v) is 3.09. The van der Waals surface area contributed by atoms with E-state index in [-0.39, 0.29) is 0 Å². The predicted octanol–water partition coefficient (Wildman–Crippen LogP) is 1.47. The second kappa shape index (κ2) is 5.03. The first kappa shape index (κ1) is 11.9. The number of nitrogens with zero attached hydrogens (tertiary/aromatic N) is 1. The number of anilines is 1. The molecule has 1 aromatic carbocycles. The van der Waals surface area contributed by atoms with E-state index in [1.807, 2.05) is 0 Å². The first-order chi connectivity index (χ1) is 7.62. The van der Waals surface area contributed by atoms with Crippen molar-refractivity contribution in [3.8, 4) is 17.6 Å². The van der Waals surface area contributed by atoms with Gasteiger partial charge in [0.05, 0.1) is 14.2 Å². The summed E-state index contributed by atoms with van der Waals surface area (Å²) in [5, 5.41) is 10.8. The summed E-state index contributed by atoms with van der Waals surface area (Å²) >= 11 is 0. The van der Waals surface area contributed by atoms with Gasteiger partial charge in [0.1, 0.15) is 0 Å². The molecular formula is C11H12N2O3. The van der Waals surface area contributed by atoms with Crippen molar-refractivity contribution in [2.45, 2.75) is 6.92 Å². The van der Waals surface area contributed by atoms with Crippen LogP contribution in [0.1, 0.15) is 5.56 Å². The van der Waals surface area contributed by atoms with Crippen LogP contribution < -0.4 is 14.8 Å². The number of rotatable bonds is 3. The molecule has 0 heterocycles. The molecule has 0 aliphatic rings. The SMILES string of the molecule is COc1cc(C)c(NC(=O)C#N)cc1OC. The maximum absolute atomic E-state index is 10.9. The quantitative estimate of drug-likeness (QED) is 0.783. The zero-order chi connectivity index (χ0) is 12.1. The molecule has 1 amide bonds. The zero-order valence-electron chi connectivity index (χ0n) is 9.33. The molecule has 1 aromatic rings. The molecule has 0 saturated heterocycles. The minimum absolute atomic E-state index is 0.501. The van der Waals surface area contributed by atoms with Gasteiger partial charge < -0.3 is 14.8 Å². The molecule has 0 atom stereocenters. The van der Waals surface area contributed by atoms with Crippen LogP contribution in [0.2, 0.25) is 0 Å². The maximum atomic E-state index is 10.9. The normalized spacial score (nSPS) is 9.12. The number of ether oxygens (including phenoxy) is 2. The van der Waals surface area contributed by atoms with E-state index in [9.17, 15) is 4.79 Å².